The quantitative estimate of drug-likeness (QED) is 0.836. The lowest BCUT2D eigenvalue weighted by atomic mass is 9.77. The molecule has 0 amide bonds. The van der Waals surface area contributed by atoms with E-state index in [-0.39, 0.29) is 0 Å². The molecule has 0 saturated heterocycles. The van der Waals surface area contributed by atoms with E-state index < -0.39 is 0 Å². The van der Waals surface area contributed by atoms with Crippen molar-refractivity contribution in [1.29, 1.82) is 0 Å². The number of nitrogens with one attached hydrogen (secondary N) is 1. The van der Waals surface area contributed by atoms with Crippen LogP contribution in [0.2, 0.25) is 0 Å². The molecule has 2 aliphatic rings. The zero-order valence-electron chi connectivity index (χ0n) is 11.6. The number of benzene rings is 2. The van der Waals surface area contributed by atoms with Crippen LogP contribution in [0.25, 0.3) is 0 Å². The molecule has 2 unspecified atom stereocenters. The zero-order valence-corrected chi connectivity index (χ0v) is 11.6. The Hall–Kier alpha value is -1.80. The second-order valence-electron chi connectivity index (χ2n) is 6.06. The number of nitrogen functional groups attached to an aromatic ring is 1. The Kier molecular flexibility index (Phi) is 2.78. The maximum Gasteiger partial charge on any atom is 0.0326 e. The molecule has 2 atom stereocenters. The third-order valence-electron chi connectivity index (χ3n) is 4.82. The van der Waals surface area contributed by atoms with Crippen LogP contribution < -0.4 is 11.1 Å². The number of hydrogen-bond acceptors (Lipinski definition) is 2. The van der Waals surface area contributed by atoms with Crippen LogP contribution in [-0.4, -0.2) is 6.54 Å². The van der Waals surface area contributed by atoms with Crippen molar-refractivity contribution >= 4 is 5.69 Å². The van der Waals surface area contributed by atoms with E-state index in [1.165, 1.54) is 35.1 Å². The van der Waals surface area contributed by atoms with Gasteiger partial charge < -0.3 is 11.1 Å². The zero-order chi connectivity index (χ0) is 13.5. The molecule has 2 nitrogen and oxygen atoms in total. The fraction of sp³-hybridized carbons (Fsp3) is 0.333. The summed E-state index contributed by atoms with van der Waals surface area (Å²) in [5, 5.41) is 3.76. The van der Waals surface area contributed by atoms with Gasteiger partial charge in [0.1, 0.15) is 0 Å². The van der Waals surface area contributed by atoms with E-state index in [4.69, 9.17) is 5.73 Å². The van der Waals surface area contributed by atoms with E-state index in [2.05, 4.69) is 41.7 Å². The predicted molar refractivity (Wildman–Crippen MR) is 82.8 cm³/mol. The lowest BCUT2D eigenvalue weighted by molar-refractivity contribution is 0.467. The highest BCUT2D eigenvalue weighted by Gasteiger charge is 2.28. The monoisotopic (exact) mass is 264 g/mol. The molecule has 2 aliphatic carbocycles. The molecule has 0 spiro atoms. The Bertz CT molecular complexity index is 648. The van der Waals surface area contributed by atoms with Crippen LogP contribution in [0.1, 0.15) is 40.6 Å². The minimum absolute atomic E-state index is 0.512. The highest BCUT2D eigenvalue weighted by atomic mass is 14.9. The van der Waals surface area contributed by atoms with E-state index in [9.17, 15) is 0 Å². The average Bonchev–Trinajstić information content (AvgIpc) is 2.82. The number of hydrogen-bond donors (Lipinski definition) is 2. The van der Waals surface area contributed by atoms with E-state index in [1.807, 2.05) is 6.07 Å². The fourth-order valence-electron chi connectivity index (χ4n) is 3.68. The van der Waals surface area contributed by atoms with Gasteiger partial charge in [-0.2, -0.15) is 0 Å². The Morgan fingerprint density at radius 2 is 1.95 bits per heavy atom. The molecule has 0 bridgehead atoms. The molecule has 102 valence electrons. The van der Waals surface area contributed by atoms with Crippen molar-refractivity contribution in [3.05, 3.63) is 64.7 Å². The minimum Gasteiger partial charge on any atom is -0.399 e. The molecule has 0 radical (unpaired) electrons. The summed E-state index contributed by atoms with van der Waals surface area (Å²) in [5.41, 5.74) is 12.7. The summed E-state index contributed by atoms with van der Waals surface area (Å²) < 4.78 is 0. The summed E-state index contributed by atoms with van der Waals surface area (Å²) in [7, 11) is 0. The van der Waals surface area contributed by atoms with Crippen LogP contribution in [0.5, 0.6) is 0 Å². The summed E-state index contributed by atoms with van der Waals surface area (Å²) in [5.74, 6) is 0.698. The van der Waals surface area contributed by atoms with Crippen molar-refractivity contribution in [1.82, 2.24) is 5.32 Å². The first-order valence-corrected chi connectivity index (χ1v) is 7.51. The molecule has 4 rings (SSSR count). The molecule has 2 aromatic rings. The summed E-state index contributed by atoms with van der Waals surface area (Å²) in [6.07, 6.45) is 3.58. The molecular weight excluding hydrogens is 244 g/mol. The topological polar surface area (TPSA) is 38.0 Å². The fourth-order valence-corrected chi connectivity index (χ4v) is 3.68. The number of fused-ring (bicyclic) bond motifs is 2. The van der Waals surface area contributed by atoms with Crippen LogP contribution in [0.15, 0.2) is 42.5 Å². The third-order valence-corrected chi connectivity index (χ3v) is 4.82. The Labute approximate surface area is 120 Å². The van der Waals surface area contributed by atoms with Crippen LogP contribution >= 0.6 is 0 Å². The molecular formula is C18H20N2. The van der Waals surface area contributed by atoms with Crippen LogP contribution in [0, 0.1) is 0 Å². The van der Waals surface area contributed by atoms with Crippen LogP contribution in [0.4, 0.5) is 5.69 Å². The van der Waals surface area contributed by atoms with E-state index in [0.717, 1.165) is 18.7 Å². The van der Waals surface area contributed by atoms with Crippen molar-refractivity contribution in [3.63, 3.8) is 0 Å². The van der Waals surface area contributed by atoms with Gasteiger partial charge in [0.15, 0.2) is 0 Å². The lowest BCUT2D eigenvalue weighted by Gasteiger charge is -2.31. The molecule has 0 saturated carbocycles. The Morgan fingerprint density at radius 3 is 2.85 bits per heavy atom. The van der Waals surface area contributed by atoms with E-state index in [1.54, 1.807) is 0 Å². The maximum absolute atomic E-state index is 5.86. The summed E-state index contributed by atoms with van der Waals surface area (Å²) in [6, 6.07) is 15.7. The normalized spacial score (nSPS) is 23.0. The number of rotatable bonds is 3. The maximum atomic E-state index is 5.86. The smallest absolute Gasteiger partial charge is 0.0326 e. The van der Waals surface area contributed by atoms with Gasteiger partial charge in [0.25, 0.3) is 0 Å². The van der Waals surface area contributed by atoms with Gasteiger partial charge in [-0.3, -0.25) is 0 Å². The van der Waals surface area contributed by atoms with Crippen molar-refractivity contribution < 1.29 is 0 Å². The van der Waals surface area contributed by atoms with Crippen molar-refractivity contribution in [3.8, 4) is 0 Å². The largest absolute Gasteiger partial charge is 0.399 e. The molecule has 0 fully saturated rings. The van der Waals surface area contributed by atoms with Gasteiger partial charge in [-0.25, -0.2) is 0 Å². The van der Waals surface area contributed by atoms with E-state index >= 15 is 0 Å². The first kappa shape index (κ1) is 12.0. The molecule has 20 heavy (non-hydrogen) atoms. The Balaban J connectivity index is 1.43. The predicted octanol–water partition coefficient (Wildman–Crippen LogP) is 3.19. The average molecular weight is 264 g/mol. The highest BCUT2D eigenvalue weighted by molar-refractivity contribution is 5.48. The minimum atomic E-state index is 0.512. The van der Waals surface area contributed by atoms with Gasteiger partial charge in [-0.15, -0.1) is 0 Å². The molecule has 3 N–H and O–H groups in total. The first-order chi connectivity index (χ1) is 9.81. The second-order valence-corrected chi connectivity index (χ2v) is 6.06. The van der Waals surface area contributed by atoms with Crippen molar-refractivity contribution in [2.24, 2.45) is 0 Å². The molecule has 0 aromatic heterocycles. The lowest BCUT2D eigenvalue weighted by Crippen LogP contribution is -2.31. The summed E-state index contributed by atoms with van der Waals surface area (Å²) in [6.45, 7) is 1.09. The van der Waals surface area contributed by atoms with Gasteiger partial charge in [0.2, 0.25) is 0 Å². The van der Waals surface area contributed by atoms with Gasteiger partial charge in [0.05, 0.1) is 0 Å². The molecule has 0 heterocycles. The Morgan fingerprint density at radius 1 is 1.05 bits per heavy atom. The van der Waals surface area contributed by atoms with Gasteiger partial charge >= 0.3 is 0 Å². The van der Waals surface area contributed by atoms with Crippen molar-refractivity contribution in [2.75, 3.05) is 12.3 Å². The van der Waals surface area contributed by atoms with Crippen LogP contribution in [0.3, 0.4) is 0 Å². The number of aryl methyl sites for hydroxylation is 1. The molecule has 2 heteroatoms. The second kappa shape index (κ2) is 4.64. The van der Waals surface area contributed by atoms with Crippen LogP contribution in [-0.2, 0) is 12.8 Å². The third kappa shape index (κ3) is 1.92. The molecule has 0 aliphatic heterocycles. The first-order valence-electron chi connectivity index (χ1n) is 7.51. The van der Waals surface area contributed by atoms with Gasteiger partial charge in [-0.05, 0) is 53.6 Å². The molecule has 2 aromatic carbocycles. The summed E-state index contributed by atoms with van der Waals surface area (Å²) in [4.78, 5) is 0. The van der Waals surface area contributed by atoms with Gasteiger partial charge in [-0.1, -0.05) is 30.3 Å². The summed E-state index contributed by atoms with van der Waals surface area (Å²) >= 11 is 0. The van der Waals surface area contributed by atoms with Crippen molar-refractivity contribution in [2.45, 2.75) is 31.2 Å². The SMILES string of the molecule is Nc1ccc2c(c1)CCC2NCC1Cc2ccccc21. The highest BCUT2D eigenvalue weighted by Crippen LogP contribution is 2.36. The van der Waals surface area contributed by atoms with E-state index in [0.29, 0.717) is 12.0 Å². The number of nitrogens with two attached hydrogens (primary N) is 1. The number of anilines is 1. The van der Waals surface area contributed by atoms with Gasteiger partial charge in [0, 0.05) is 24.2 Å². The standard InChI is InChI=1S/C18H20N2/c19-15-6-7-17-13(10-15)5-8-18(17)20-11-14-9-12-3-1-2-4-16(12)14/h1-4,6-7,10,14,18,20H,5,8-9,11,19H2.